The van der Waals surface area contributed by atoms with E-state index >= 15 is 0 Å². The molecule has 0 aromatic heterocycles. The third kappa shape index (κ3) is 1.66. The van der Waals surface area contributed by atoms with Gasteiger partial charge in [-0.05, 0) is 47.5 Å². The molecule has 0 fully saturated rings. The second-order valence-corrected chi connectivity index (χ2v) is 4.29. The number of hydrogen-bond donors (Lipinski definition) is 1. The van der Waals surface area contributed by atoms with Crippen molar-refractivity contribution in [3.63, 3.8) is 0 Å². The SMILES string of the molecule is Cc1cc(Br)c2c(c1)NCC(C)O2. The van der Waals surface area contributed by atoms with Gasteiger partial charge in [0.05, 0.1) is 16.7 Å². The van der Waals surface area contributed by atoms with Crippen molar-refractivity contribution < 1.29 is 4.74 Å². The van der Waals surface area contributed by atoms with E-state index in [1.54, 1.807) is 0 Å². The van der Waals surface area contributed by atoms with Crippen molar-refractivity contribution >= 4 is 21.6 Å². The van der Waals surface area contributed by atoms with Gasteiger partial charge in [0.25, 0.3) is 0 Å². The van der Waals surface area contributed by atoms with Crippen molar-refractivity contribution in [2.24, 2.45) is 0 Å². The van der Waals surface area contributed by atoms with Crippen molar-refractivity contribution in [2.75, 3.05) is 11.9 Å². The van der Waals surface area contributed by atoms with Gasteiger partial charge in [0.2, 0.25) is 0 Å². The number of nitrogens with one attached hydrogen (secondary N) is 1. The molecule has 70 valence electrons. The molecule has 1 unspecified atom stereocenters. The minimum Gasteiger partial charge on any atom is -0.486 e. The Morgan fingerprint density at radius 1 is 1.54 bits per heavy atom. The average Bonchev–Trinajstić information content (AvgIpc) is 2.06. The van der Waals surface area contributed by atoms with Crippen LogP contribution in [-0.4, -0.2) is 12.6 Å². The predicted octanol–water partition coefficient (Wildman–Crippen LogP) is 2.95. The Hall–Kier alpha value is -0.700. The highest BCUT2D eigenvalue weighted by Gasteiger charge is 2.17. The van der Waals surface area contributed by atoms with Crippen molar-refractivity contribution in [1.29, 1.82) is 0 Å². The first-order valence-electron chi connectivity index (χ1n) is 4.37. The molecule has 0 radical (unpaired) electrons. The summed E-state index contributed by atoms with van der Waals surface area (Å²) < 4.78 is 6.74. The number of rotatable bonds is 0. The molecule has 3 heteroatoms. The molecule has 1 aromatic rings. The van der Waals surface area contributed by atoms with Crippen LogP contribution in [0.15, 0.2) is 16.6 Å². The van der Waals surface area contributed by atoms with Gasteiger partial charge in [-0.25, -0.2) is 0 Å². The van der Waals surface area contributed by atoms with E-state index in [0.29, 0.717) is 0 Å². The third-order valence-corrected chi connectivity index (χ3v) is 2.68. The minimum atomic E-state index is 0.242. The molecule has 1 aromatic carbocycles. The van der Waals surface area contributed by atoms with Gasteiger partial charge in [-0.2, -0.15) is 0 Å². The highest BCUT2D eigenvalue weighted by atomic mass is 79.9. The molecule has 0 bridgehead atoms. The number of hydrogen-bond acceptors (Lipinski definition) is 2. The second-order valence-electron chi connectivity index (χ2n) is 3.43. The Labute approximate surface area is 86.4 Å². The van der Waals surface area contributed by atoms with Gasteiger partial charge in [0, 0.05) is 0 Å². The monoisotopic (exact) mass is 241 g/mol. The van der Waals surface area contributed by atoms with E-state index < -0.39 is 0 Å². The highest BCUT2D eigenvalue weighted by Crippen LogP contribution is 2.37. The van der Waals surface area contributed by atoms with Crippen molar-refractivity contribution in [3.05, 3.63) is 22.2 Å². The normalized spacial score (nSPS) is 20.1. The molecule has 0 amide bonds. The first kappa shape index (κ1) is 8.88. The molecule has 1 N–H and O–H groups in total. The molecular formula is C10H12BrNO. The summed E-state index contributed by atoms with van der Waals surface area (Å²) in [6.45, 7) is 5.01. The zero-order valence-corrected chi connectivity index (χ0v) is 9.31. The van der Waals surface area contributed by atoms with Gasteiger partial charge in [-0.15, -0.1) is 0 Å². The van der Waals surface area contributed by atoms with E-state index in [0.717, 1.165) is 22.5 Å². The predicted molar refractivity (Wildman–Crippen MR) is 57.5 cm³/mol. The maximum absolute atomic E-state index is 5.71. The van der Waals surface area contributed by atoms with Gasteiger partial charge in [-0.1, -0.05) is 0 Å². The minimum absolute atomic E-state index is 0.242. The molecule has 13 heavy (non-hydrogen) atoms. The number of anilines is 1. The van der Waals surface area contributed by atoms with E-state index in [4.69, 9.17) is 4.74 Å². The lowest BCUT2D eigenvalue weighted by molar-refractivity contribution is 0.224. The summed E-state index contributed by atoms with van der Waals surface area (Å²) in [5.41, 5.74) is 2.32. The molecule has 0 saturated carbocycles. The molecule has 0 spiro atoms. The van der Waals surface area contributed by atoms with Crippen LogP contribution in [0, 0.1) is 6.92 Å². The summed E-state index contributed by atoms with van der Waals surface area (Å²) in [5, 5.41) is 3.34. The topological polar surface area (TPSA) is 21.3 Å². The fourth-order valence-electron chi connectivity index (χ4n) is 1.48. The number of fused-ring (bicyclic) bond motifs is 1. The number of aryl methyl sites for hydroxylation is 1. The molecule has 2 rings (SSSR count). The first-order chi connectivity index (χ1) is 6.16. The number of benzene rings is 1. The summed E-state index contributed by atoms with van der Waals surface area (Å²) >= 11 is 3.50. The third-order valence-electron chi connectivity index (χ3n) is 2.09. The van der Waals surface area contributed by atoms with Crippen LogP contribution in [0.1, 0.15) is 12.5 Å². The zero-order valence-electron chi connectivity index (χ0n) is 7.73. The van der Waals surface area contributed by atoms with E-state index in [1.165, 1.54) is 5.56 Å². The van der Waals surface area contributed by atoms with E-state index in [9.17, 15) is 0 Å². The summed E-state index contributed by atoms with van der Waals surface area (Å²) in [6.07, 6.45) is 0.242. The fourth-order valence-corrected chi connectivity index (χ4v) is 2.14. The Bertz CT molecular complexity index is 338. The number of halogens is 1. The average molecular weight is 242 g/mol. The molecule has 0 aliphatic carbocycles. The molecule has 1 aliphatic heterocycles. The lowest BCUT2D eigenvalue weighted by Gasteiger charge is -2.26. The van der Waals surface area contributed by atoms with Crippen molar-refractivity contribution in [2.45, 2.75) is 20.0 Å². The fraction of sp³-hybridized carbons (Fsp3) is 0.400. The molecule has 2 nitrogen and oxygen atoms in total. The zero-order chi connectivity index (χ0) is 9.42. The summed E-state index contributed by atoms with van der Waals surface area (Å²) in [5.74, 6) is 0.935. The lowest BCUT2D eigenvalue weighted by Crippen LogP contribution is -2.27. The quantitative estimate of drug-likeness (QED) is 0.755. The van der Waals surface area contributed by atoms with Gasteiger partial charge in [-0.3, -0.25) is 0 Å². The molecular weight excluding hydrogens is 230 g/mol. The van der Waals surface area contributed by atoms with Crippen LogP contribution in [0.2, 0.25) is 0 Å². The van der Waals surface area contributed by atoms with Gasteiger partial charge in [0.1, 0.15) is 6.10 Å². The van der Waals surface area contributed by atoms with Crippen LogP contribution in [-0.2, 0) is 0 Å². The van der Waals surface area contributed by atoms with Crippen molar-refractivity contribution in [3.8, 4) is 5.75 Å². The van der Waals surface area contributed by atoms with Crippen LogP contribution in [0.4, 0.5) is 5.69 Å². The largest absolute Gasteiger partial charge is 0.486 e. The van der Waals surface area contributed by atoms with E-state index in [1.807, 2.05) is 0 Å². The Morgan fingerprint density at radius 3 is 3.08 bits per heavy atom. The van der Waals surface area contributed by atoms with E-state index in [2.05, 4.69) is 47.2 Å². The van der Waals surface area contributed by atoms with Crippen LogP contribution >= 0.6 is 15.9 Å². The maximum Gasteiger partial charge on any atom is 0.157 e. The Kier molecular flexibility index (Phi) is 2.20. The summed E-state index contributed by atoms with van der Waals surface area (Å²) in [4.78, 5) is 0. The first-order valence-corrected chi connectivity index (χ1v) is 5.17. The molecule has 1 aliphatic rings. The van der Waals surface area contributed by atoms with Crippen LogP contribution in [0.3, 0.4) is 0 Å². The summed E-state index contributed by atoms with van der Waals surface area (Å²) in [7, 11) is 0. The molecule has 1 atom stereocenters. The second kappa shape index (κ2) is 3.22. The smallest absolute Gasteiger partial charge is 0.157 e. The Morgan fingerprint density at radius 2 is 2.31 bits per heavy atom. The molecule has 0 saturated heterocycles. The number of ether oxygens (including phenoxy) is 1. The standard InChI is InChI=1S/C10H12BrNO/c1-6-3-8(11)10-9(4-6)12-5-7(2)13-10/h3-4,7,12H,5H2,1-2H3. The highest BCUT2D eigenvalue weighted by molar-refractivity contribution is 9.10. The van der Waals surface area contributed by atoms with Gasteiger partial charge >= 0.3 is 0 Å². The van der Waals surface area contributed by atoms with Crippen LogP contribution in [0.25, 0.3) is 0 Å². The lowest BCUT2D eigenvalue weighted by atomic mass is 10.2. The van der Waals surface area contributed by atoms with Gasteiger partial charge < -0.3 is 10.1 Å². The maximum atomic E-state index is 5.71. The summed E-state index contributed by atoms with van der Waals surface area (Å²) in [6, 6.07) is 4.17. The Balaban J connectivity index is 2.47. The van der Waals surface area contributed by atoms with E-state index in [-0.39, 0.29) is 6.10 Å². The van der Waals surface area contributed by atoms with Gasteiger partial charge in [0.15, 0.2) is 5.75 Å². The van der Waals surface area contributed by atoms with Crippen molar-refractivity contribution in [1.82, 2.24) is 0 Å². The van der Waals surface area contributed by atoms with Crippen LogP contribution < -0.4 is 10.1 Å². The van der Waals surface area contributed by atoms with Crippen LogP contribution in [0.5, 0.6) is 5.75 Å². The molecule has 1 heterocycles.